The van der Waals surface area contributed by atoms with E-state index in [1.807, 2.05) is 48.5 Å². The van der Waals surface area contributed by atoms with E-state index in [4.69, 9.17) is 59.3 Å². The maximum atomic E-state index is 12.5. The Morgan fingerprint density at radius 3 is 0.940 bits per heavy atom. The van der Waals surface area contributed by atoms with Gasteiger partial charge in [-0.1, -0.05) is 26.3 Å². The summed E-state index contributed by atoms with van der Waals surface area (Å²) in [6.45, 7) is 15.6. The van der Waals surface area contributed by atoms with E-state index < -0.39 is 35.1 Å². The molecule has 0 aliphatic heterocycles. The summed E-state index contributed by atoms with van der Waals surface area (Å²) in [4.78, 5) is 76.3. The Bertz CT molecular complexity index is 3070. The van der Waals surface area contributed by atoms with Gasteiger partial charge >= 0.3 is 29.8 Å². The van der Waals surface area contributed by atoms with E-state index >= 15 is 0 Å². The van der Waals surface area contributed by atoms with Crippen LogP contribution in [0.4, 0.5) is 11.4 Å². The number of nitrogens with zero attached hydrogens (tertiary/aromatic N) is 2. The van der Waals surface area contributed by atoms with Crippen LogP contribution in [0.15, 0.2) is 206 Å². The van der Waals surface area contributed by atoms with Gasteiger partial charge in [-0.15, -0.1) is 0 Å². The molecule has 0 saturated heterocycles. The molecule has 0 radical (unpaired) electrons. The highest BCUT2D eigenvalue weighted by Gasteiger charge is 2.11. The Morgan fingerprint density at radius 1 is 0.386 bits per heavy atom. The standard InChI is InChI=1S/C32H31NO8.C29H29NO7.C3H3ClO/c1-3-30(34)39-21-5-19-37-27-13-7-24(8-14-27)23-33-26-11-17-29(18-12-26)41-32(36)25-9-15-28(16-10-25)38-20-6-22-40-31(35)4-2;1-2-28(32)36-20-4-19-35-26-13-7-23(8-14-26)29(33)37-27-15-9-24(10-16-27)30-21-22-5-11-25(12-6-22)34-18-3-17-31;1-2-3(4)5/h3-4,7-18,23H,1-2,5-6,19-22H2;2,5-16,21,31H,1,3-4,17-20H2;2H,1H2. The summed E-state index contributed by atoms with van der Waals surface area (Å²) in [6, 6.07) is 41.8. The largest absolute Gasteiger partial charge is 0.494 e. The van der Waals surface area contributed by atoms with Crippen LogP contribution in [0.1, 0.15) is 57.5 Å². The number of esters is 5. The van der Waals surface area contributed by atoms with E-state index in [-0.39, 0.29) is 26.4 Å². The Morgan fingerprint density at radius 2 is 0.663 bits per heavy atom. The van der Waals surface area contributed by atoms with E-state index in [0.29, 0.717) is 103 Å². The van der Waals surface area contributed by atoms with E-state index in [1.54, 1.807) is 109 Å². The first kappa shape index (κ1) is 65.6. The van der Waals surface area contributed by atoms with Crippen LogP contribution in [0.3, 0.4) is 0 Å². The molecule has 0 heterocycles. The zero-order valence-electron chi connectivity index (χ0n) is 45.5. The van der Waals surface area contributed by atoms with Gasteiger partial charge in [0.1, 0.15) is 34.5 Å². The molecule has 6 aromatic rings. The molecule has 1 N–H and O–H groups in total. The molecule has 0 aromatic heterocycles. The van der Waals surface area contributed by atoms with Crippen molar-refractivity contribution in [1.29, 1.82) is 0 Å². The molecule has 0 saturated carbocycles. The number of rotatable bonds is 31. The Labute approximate surface area is 486 Å². The quantitative estimate of drug-likeness (QED) is 0.00811. The Hall–Kier alpha value is -9.91. The number of halogens is 1. The lowest BCUT2D eigenvalue weighted by atomic mass is 10.2. The second-order valence-corrected chi connectivity index (χ2v) is 17.0. The summed E-state index contributed by atoms with van der Waals surface area (Å²) in [7, 11) is 0. The molecule has 83 heavy (non-hydrogen) atoms. The molecule has 0 fully saturated rings. The molecule has 6 aromatic carbocycles. The smallest absolute Gasteiger partial charge is 0.343 e. The SMILES string of the molecule is C=CC(=O)Cl.C=CC(=O)OCCCOc1ccc(C(=O)Oc2ccc(N=Cc3ccc(OCCCO)cc3)cc2)cc1.C=CC(=O)OCCCOc1ccc(C=Nc2ccc(OC(=O)c3ccc(OCCCOC(=O)C=C)cc3)cc2)cc1. The van der Waals surface area contributed by atoms with Crippen molar-refractivity contribution in [2.75, 3.05) is 52.9 Å². The van der Waals surface area contributed by atoms with Crippen LogP contribution in [0.25, 0.3) is 0 Å². The number of hydrogen-bond donors (Lipinski definition) is 1. The van der Waals surface area contributed by atoms with Crippen molar-refractivity contribution in [3.63, 3.8) is 0 Å². The number of aliphatic hydroxyl groups excluding tert-OH is 1. The zero-order valence-corrected chi connectivity index (χ0v) is 46.2. The second-order valence-electron chi connectivity index (χ2n) is 16.6. The van der Waals surface area contributed by atoms with Crippen molar-refractivity contribution in [3.8, 4) is 34.5 Å². The lowest BCUT2D eigenvalue weighted by Crippen LogP contribution is -2.09. The molecule has 0 aliphatic rings. The number of carbonyl (C=O) groups excluding carboxylic acids is 6. The van der Waals surface area contributed by atoms with Crippen LogP contribution in [0.2, 0.25) is 0 Å². The second kappa shape index (κ2) is 38.6. The highest BCUT2D eigenvalue weighted by Crippen LogP contribution is 2.23. The number of ether oxygens (including phenoxy) is 9. The first-order valence-electron chi connectivity index (χ1n) is 25.8. The molecule has 19 heteroatoms. The van der Waals surface area contributed by atoms with E-state index in [1.165, 1.54) is 0 Å². The molecule has 0 unspecified atom stereocenters. The van der Waals surface area contributed by atoms with Crippen molar-refractivity contribution in [1.82, 2.24) is 0 Å². The average Bonchev–Trinajstić information content (AvgIpc) is 3.54. The first-order chi connectivity index (χ1) is 40.3. The number of benzene rings is 6. The van der Waals surface area contributed by atoms with Crippen molar-refractivity contribution in [2.45, 2.75) is 25.7 Å². The van der Waals surface area contributed by atoms with Crippen LogP contribution in [-0.2, 0) is 33.4 Å². The van der Waals surface area contributed by atoms with Crippen LogP contribution in [0.5, 0.6) is 34.5 Å². The predicted octanol–water partition coefficient (Wildman–Crippen LogP) is 11.5. The molecule has 0 spiro atoms. The third-order valence-electron chi connectivity index (χ3n) is 10.4. The number of hydrogen-bond acceptors (Lipinski definition) is 18. The minimum absolute atomic E-state index is 0.103. The van der Waals surface area contributed by atoms with Gasteiger partial charge in [0.2, 0.25) is 5.24 Å². The third-order valence-corrected chi connectivity index (χ3v) is 10.6. The minimum atomic E-state index is -0.509. The molecule has 0 atom stereocenters. The van der Waals surface area contributed by atoms with E-state index in [0.717, 1.165) is 41.2 Å². The van der Waals surface area contributed by atoms with E-state index in [9.17, 15) is 28.8 Å². The fraction of sp³-hybridized carbons (Fsp3) is 0.188. The summed E-state index contributed by atoms with van der Waals surface area (Å²) < 4.78 is 47.8. The van der Waals surface area contributed by atoms with Gasteiger partial charge in [0.25, 0.3) is 0 Å². The number of aliphatic hydroxyl groups is 1. The maximum absolute atomic E-state index is 12.5. The number of aliphatic imine (C=N–C) groups is 2. The molecule has 0 amide bonds. The topological polar surface area (TPSA) is 230 Å². The van der Waals surface area contributed by atoms with Gasteiger partial charge in [-0.25, -0.2) is 24.0 Å². The van der Waals surface area contributed by atoms with Gasteiger partial charge in [-0.3, -0.25) is 14.8 Å². The lowest BCUT2D eigenvalue weighted by molar-refractivity contribution is -0.138. The Balaban J connectivity index is 0.000000331. The van der Waals surface area contributed by atoms with Gasteiger partial charge in [0.05, 0.1) is 68.7 Å². The maximum Gasteiger partial charge on any atom is 0.343 e. The van der Waals surface area contributed by atoms with Crippen LogP contribution in [-0.4, -0.2) is 105 Å². The monoisotopic (exact) mass is 1150 g/mol. The molecule has 432 valence electrons. The van der Waals surface area contributed by atoms with Crippen LogP contribution in [0, 0.1) is 0 Å². The number of carbonyl (C=O) groups is 6. The first-order valence-corrected chi connectivity index (χ1v) is 26.1. The molecule has 0 aliphatic carbocycles. The lowest BCUT2D eigenvalue weighted by Gasteiger charge is -2.08. The van der Waals surface area contributed by atoms with E-state index in [2.05, 4.69) is 36.3 Å². The predicted molar refractivity (Wildman–Crippen MR) is 315 cm³/mol. The fourth-order valence-corrected chi connectivity index (χ4v) is 6.20. The summed E-state index contributed by atoms with van der Waals surface area (Å²) in [5.41, 5.74) is 3.97. The minimum Gasteiger partial charge on any atom is -0.494 e. The van der Waals surface area contributed by atoms with Crippen molar-refractivity contribution >= 4 is 70.5 Å². The summed E-state index contributed by atoms with van der Waals surface area (Å²) in [6.07, 6.45) is 10.1. The summed E-state index contributed by atoms with van der Waals surface area (Å²) in [5.74, 6) is 1.06. The average molecular weight is 1150 g/mol. The Kier molecular flexibility index (Phi) is 30.6. The molecular weight excluding hydrogens is 1090 g/mol. The molecular formula is C64H63ClN2O16. The van der Waals surface area contributed by atoms with Gasteiger partial charge in [0, 0.05) is 62.9 Å². The zero-order chi connectivity index (χ0) is 59.9. The molecule has 18 nitrogen and oxygen atoms in total. The highest BCUT2D eigenvalue weighted by atomic mass is 35.5. The summed E-state index contributed by atoms with van der Waals surface area (Å²) >= 11 is 4.71. The summed E-state index contributed by atoms with van der Waals surface area (Å²) in [5, 5.41) is 8.29. The normalized spacial score (nSPS) is 10.3. The highest BCUT2D eigenvalue weighted by molar-refractivity contribution is 6.66. The third kappa shape index (κ3) is 27.7. The number of allylic oxidation sites excluding steroid dienone is 1. The van der Waals surface area contributed by atoms with Gasteiger partial charge in [-0.05, 0) is 174 Å². The van der Waals surface area contributed by atoms with Crippen LogP contribution >= 0.6 is 11.6 Å². The van der Waals surface area contributed by atoms with Crippen molar-refractivity contribution in [3.05, 3.63) is 218 Å². The van der Waals surface area contributed by atoms with Gasteiger partial charge in [-0.2, -0.15) is 0 Å². The molecule has 6 rings (SSSR count). The van der Waals surface area contributed by atoms with Gasteiger partial charge < -0.3 is 47.7 Å². The van der Waals surface area contributed by atoms with Crippen molar-refractivity contribution < 1.29 is 76.5 Å². The molecule has 0 bridgehead atoms. The van der Waals surface area contributed by atoms with Gasteiger partial charge in [0.15, 0.2) is 0 Å². The fourth-order valence-electron chi connectivity index (χ4n) is 6.20. The van der Waals surface area contributed by atoms with Crippen molar-refractivity contribution in [2.24, 2.45) is 9.98 Å². The van der Waals surface area contributed by atoms with Crippen LogP contribution < -0.4 is 28.4 Å².